The summed E-state index contributed by atoms with van der Waals surface area (Å²) in [7, 11) is 0. The Labute approximate surface area is 176 Å². The van der Waals surface area contributed by atoms with Gasteiger partial charge in [-0.1, -0.05) is 60.7 Å². The molecule has 4 rings (SSSR count). The van der Waals surface area contributed by atoms with E-state index in [0.717, 1.165) is 29.7 Å². The Morgan fingerprint density at radius 3 is 2.03 bits per heavy atom. The van der Waals surface area contributed by atoms with Crippen molar-refractivity contribution in [3.8, 4) is 0 Å². The highest BCUT2D eigenvalue weighted by atomic mass is 16.2. The lowest BCUT2D eigenvalue weighted by atomic mass is 9.90. The van der Waals surface area contributed by atoms with Crippen molar-refractivity contribution in [1.29, 1.82) is 0 Å². The van der Waals surface area contributed by atoms with E-state index >= 15 is 0 Å². The second-order valence-electron chi connectivity index (χ2n) is 8.13. The van der Waals surface area contributed by atoms with Crippen molar-refractivity contribution in [3.05, 3.63) is 71.8 Å². The molecule has 0 bridgehead atoms. The first-order chi connectivity index (χ1) is 14.6. The number of benzene rings is 2. The number of nitrogens with zero attached hydrogens (tertiary/aromatic N) is 2. The van der Waals surface area contributed by atoms with Gasteiger partial charge < -0.3 is 10.2 Å². The molecule has 0 unspecified atom stereocenters. The zero-order valence-corrected chi connectivity index (χ0v) is 17.0. The number of nitrogens with one attached hydrogen (secondary N) is 1. The van der Waals surface area contributed by atoms with E-state index in [1.165, 1.54) is 5.56 Å². The van der Waals surface area contributed by atoms with Crippen LogP contribution in [-0.4, -0.2) is 53.3 Å². The lowest BCUT2D eigenvalue weighted by Gasteiger charge is -2.32. The summed E-state index contributed by atoms with van der Waals surface area (Å²) < 4.78 is 0. The summed E-state index contributed by atoms with van der Waals surface area (Å²) in [5, 5.41) is 2.71. The largest absolute Gasteiger partial charge is 0.341 e. The molecule has 0 spiro atoms. The number of carbonyl (C=O) groups is 3. The van der Waals surface area contributed by atoms with Gasteiger partial charge in [0.1, 0.15) is 12.6 Å². The summed E-state index contributed by atoms with van der Waals surface area (Å²) in [6, 6.07) is 18.9. The number of rotatable bonds is 6. The zero-order chi connectivity index (χ0) is 20.9. The van der Waals surface area contributed by atoms with E-state index in [9.17, 15) is 14.4 Å². The lowest BCUT2D eigenvalue weighted by Crippen LogP contribution is -2.46. The number of imide groups is 1. The first-order valence-corrected chi connectivity index (χ1v) is 10.6. The number of carbonyl (C=O) groups excluding carboxylic acids is 3. The third-order valence-electron chi connectivity index (χ3n) is 6.02. The van der Waals surface area contributed by atoms with Crippen LogP contribution in [0.3, 0.4) is 0 Å². The number of hydrogen-bond donors (Lipinski definition) is 1. The van der Waals surface area contributed by atoms with Gasteiger partial charge in [0.25, 0.3) is 5.91 Å². The minimum Gasteiger partial charge on any atom is -0.341 e. The van der Waals surface area contributed by atoms with Gasteiger partial charge in [-0.2, -0.15) is 0 Å². The molecule has 2 aromatic carbocycles. The van der Waals surface area contributed by atoms with Crippen molar-refractivity contribution in [3.63, 3.8) is 0 Å². The van der Waals surface area contributed by atoms with Crippen LogP contribution in [0.5, 0.6) is 0 Å². The van der Waals surface area contributed by atoms with Crippen LogP contribution in [0.25, 0.3) is 0 Å². The summed E-state index contributed by atoms with van der Waals surface area (Å²) in [6.07, 6.45) is 3.34. The van der Waals surface area contributed by atoms with Crippen molar-refractivity contribution in [2.24, 2.45) is 5.92 Å². The number of piperidine rings is 1. The van der Waals surface area contributed by atoms with Crippen LogP contribution < -0.4 is 5.32 Å². The fourth-order valence-corrected chi connectivity index (χ4v) is 4.28. The normalized spacial score (nSPS) is 19.8. The van der Waals surface area contributed by atoms with Crippen molar-refractivity contribution in [2.75, 3.05) is 19.6 Å². The molecule has 6 nitrogen and oxygen atoms in total. The van der Waals surface area contributed by atoms with Crippen LogP contribution in [0.2, 0.25) is 0 Å². The highest BCUT2D eigenvalue weighted by Gasteiger charge is 2.39. The summed E-state index contributed by atoms with van der Waals surface area (Å²) in [6.45, 7) is 1.17. The predicted octanol–water partition coefficient (Wildman–Crippen LogP) is 2.63. The van der Waals surface area contributed by atoms with Crippen LogP contribution in [0, 0.1) is 5.92 Å². The average Bonchev–Trinajstić information content (AvgIpc) is 3.03. The SMILES string of the molecule is O=C(CN1C(=O)N[C@H](Cc2ccccc2)C1=O)N1CCC(Cc2ccccc2)CC1. The fraction of sp³-hybridized carbons (Fsp3) is 0.375. The quantitative estimate of drug-likeness (QED) is 0.751. The molecule has 0 aromatic heterocycles. The van der Waals surface area contributed by atoms with Gasteiger partial charge in [0.2, 0.25) is 5.91 Å². The minimum atomic E-state index is -0.607. The molecule has 0 aliphatic carbocycles. The molecule has 0 radical (unpaired) electrons. The molecule has 4 amide bonds. The van der Waals surface area contributed by atoms with Crippen molar-refractivity contribution < 1.29 is 14.4 Å². The Balaban J connectivity index is 1.27. The van der Waals surface area contributed by atoms with Gasteiger partial charge in [-0.05, 0) is 36.3 Å². The maximum Gasteiger partial charge on any atom is 0.325 e. The first kappa shape index (κ1) is 20.1. The van der Waals surface area contributed by atoms with Gasteiger partial charge in [-0.15, -0.1) is 0 Å². The van der Waals surface area contributed by atoms with E-state index in [0.29, 0.717) is 25.4 Å². The Hall–Kier alpha value is -3.15. The molecular weight excluding hydrogens is 378 g/mol. The van der Waals surface area contributed by atoms with Crippen molar-refractivity contribution >= 4 is 17.8 Å². The van der Waals surface area contributed by atoms with E-state index in [2.05, 4.69) is 29.6 Å². The molecule has 1 atom stereocenters. The van der Waals surface area contributed by atoms with Gasteiger partial charge in [0, 0.05) is 19.5 Å². The van der Waals surface area contributed by atoms with Crippen LogP contribution in [0.1, 0.15) is 24.0 Å². The highest BCUT2D eigenvalue weighted by Crippen LogP contribution is 2.22. The monoisotopic (exact) mass is 405 g/mol. The van der Waals surface area contributed by atoms with Crippen molar-refractivity contribution in [1.82, 2.24) is 15.1 Å². The molecule has 30 heavy (non-hydrogen) atoms. The van der Waals surface area contributed by atoms with Crippen LogP contribution in [-0.2, 0) is 22.4 Å². The topological polar surface area (TPSA) is 69.7 Å². The predicted molar refractivity (Wildman–Crippen MR) is 114 cm³/mol. The molecule has 2 fully saturated rings. The molecule has 156 valence electrons. The summed E-state index contributed by atoms with van der Waals surface area (Å²) in [5.41, 5.74) is 2.30. The van der Waals surface area contributed by atoms with Gasteiger partial charge in [-0.25, -0.2) is 4.79 Å². The fourth-order valence-electron chi connectivity index (χ4n) is 4.28. The lowest BCUT2D eigenvalue weighted by molar-refractivity contribution is -0.138. The van der Waals surface area contributed by atoms with E-state index in [-0.39, 0.29) is 18.4 Å². The average molecular weight is 405 g/mol. The minimum absolute atomic E-state index is 0.156. The standard InChI is InChI=1S/C24H27N3O3/c28-22(26-13-11-20(12-14-26)15-18-7-3-1-4-8-18)17-27-23(29)21(25-24(27)30)16-19-9-5-2-6-10-19/h1-10,20-21H,11-17H2,(H,25,30)/t21-/m1/s1. The molecule has 2 aliphatic rings. The summed E-state index contributed by atoms with van der Waals surface area (Å²) >= 11 is 0. The molecular formula is C24H27N3O3. The first-order valence-electron chi connectivity index (χ1n) is 10.6. The Kier molecular flexibility index (Phi) is 6.12. The van der Waals surface area contributed by atoms with Gasteiger partial charge in [-0.3, -0.25) is 14.5 Å². The molecule has 6 heteroatoms. The van der Waals surface area contributed by atoms with E-state index < -0.39 is 12.1 Å². The number of hydrogen-bond acceptors (Lipinski definition) is 3. The Morgan fingerprint density at radius 2 is 1.43 bits per heavy atom. The van der Waals surface area contributed by atoms with Gasteiger partial charge in [0.15, 0.2) is 0 Å². The highest BCUT2D eigenvalue weighted by molar-refractivity contribution is 6.06. The molecule has 1 N–H and O–H groups in total. The van der Waals surface area contributed by atoms with Crippen LogP contribution in [0.4, 0.5) is 4.79 Å². The number of amides is 4. The summed E-state index contributed by atoms with van der Waals surface area (Å²) in [5.74, 6) is 0.0802. The Morgan fingerprint density at radius 1 is 0.867 bits per heavy atom. The maximum absolute atomic E-state index is 12.7. The Bertz CT molecular complexity index is 892. The van der Waals surface area contributed by atoms with E-state index in [1.807, 2.05) is 36.4 Å². The van der Waals surface area contributed by atoms with Gasteiger partial charge >= 0.3 is 6.03 Å². The van der Waals surface area contributed by atoms with Crippen LogP contribution >= 0.6 is 0 Å². The van der Waals surface area contributed by atoms with Crippen molar-refractivity contribution in [2.45, 2.75) is 31.7 Å². The summed E-state index contributed by atoms with van der Waals surface area (Å²) in [4.78, 5) is 40.5. The van der Waals surface area contributed by atoms with E-state index in [1.54, 1.807) is 4.90 Å². The third kappa shape index (κ3) is 4.70. The second-order valence-corrected chi connectivity index (χ2v) is 8.13. The molecule has 0 saturated carbocycles. The maximum atomic E-state index is 12.7. The van der Waals surface area contributed by atoms with Gasteiger partial charge in [0.05, 0.1) is 0 Å². The smallest absolute Gasteiger partial charge is 0.325 e. The third-order valence-corrected chi connectivity index (χ3v) is 6.02. The van der Waals surface area contributed by atoms with Crippen LogP contribution in [0.15, 0.2) is 60.7 Å². The molecule has 2 aliphatic heterocycles. The zero-order valence-electron chi connectivity index (χ0n) is 17.0. The molecule has 2 aromatic rings. The number of likely N-dealkylation sites (tertiary alicyclic amines) is 1. The molecule has 2 heterocycles. The number of urea groups is 1. The second kappa shape index (κ2) is 9.11. The molecule has 2 saturated heterocycles. The van der Waals surface area contributed by atoms with E-state index in [4.69, 9.17) is 0 Å².